The van der Waals surface area contributed by atoms with Gasteiger partial charge in [0, 0.05) is 26.2 Å². The summed E-state index contributed by atoms with van der Waals surface area (Å²) in [5.74, 6) is 0.582. The Hall–Kier alpha value is -0.210. The molecule has 0 aromatic carbocycles. The summed E-state index contributed by atoms with van der Waals surface area (Å²) in [6, 6.07) is 0. The molecule has 0 amide bonds. The Labute approximate surface area is 117 Å². The van der Waals surface area contributed by atoms with Crippen LogP contribution >= 0.6 is 0 Å². The van der Waals surface area contributed by atoms with Crippen molar-refractivity contribution >= 4 is 10.2 Å². The third kappa shape index (κ3) is 5.74. The highest BCUT2D eigenvalue weighted by molar-refractivity contribution is 7.87. The molecule has 1 aliphatic rings. The van der Waals surface area contributed by atoms with Crippen LogP contribution in [0.4, 0.5) is 0 Å². The van der Waals surface area contributed by atoms with E-state index in [1.807, 2.05) is 20.9 Å². The summed E-state index contributed by atoms with van der Waals surface area (Å²) in [4.78, 5) is 0. The van der Waals surface area contributed by atoms with Crippen LogP contribution in [0.3, 0.4) is 0 Å². The Kier molecular flexibility index (Phi) is 7.23. The summed E-state index contributed by atoms with van der Waals surface area (Å²) >= 11 is 0. The van der Waals surface area contributed by atoms with E-state index in [1.54, 1.807) is 0 Å². The molecule has 1 unspecified atom stereocenters. The van der Waals surface area contributed by atoms with Crippen molar-refractivity contribution in [3.8, 4) is 0 Å². The Bertz CT molecular complexity index is 340. The molecule has 1 heterocycles. The van der Waals surface area contributed by atoms with Crippen molar-refractivity contribution in [2.75, 3.05) is 39.8 Å². The second-order valence-electron chi connectivity index (χ2n) is 5.02. The minimum Gasteiger partial charge on any atom is -0.377 e. The minimum absolute atomic E-state index is 0.0957. The van der Waals surface area contributed by atoms with E-state index in [0.29, 0.717) is 32.2 Å². The van der Waals surface area contributed by atoms with Crippen LogP contribution < -0.4 is 10.0 Å². The molecule has 0 aliphatic carbocycles. The molecule has 1 atom stereocenters. The van der Waals surface area contributed by atoms with E-state index >= 15 is 0 Å². The molecule has 19 heavy (non-hydrogen) atoms. The van der Waals surface area contributed by atoms with Gasteiger partial charge in [-0.25, -0.2) is 0 Å². The number of nitrogens with zero attached hydrogens (tertiary/aromatic N) is 1. The third-order valence-corrected chi connectivity index (χ3v) is 4.99. The van der Waals surface area contributed by atoms with E-state index in [-0.39, 0.29) is 6.10 Å². The normalized spacial score (nSPS) is 20.6. The van der Waals surface area contributed by atoms with Gasteiger partial charge >= 0.3 is 0 Å². The lowest BCUT2D eigenvalue weighted by molar-refractivity contribution is 0.0795. The van der Waals surface area contributed by atoms with Gasteiger partial charge < -0.3 is 10.1 Å². The summed E-state index contributed by atoms with van der Waals surface area (Å²) in [6.07, 6.45) is 1.74. The average Bonchev–Trinajstić information content (AvgIpc) is 2.38. The zero-order valence-electron chi connectivity index (χ0n) is 12.2. The van der Waals surface area contributed by atoms with E-state index in [1.165, 1.54) is 4.31 Å². The Morgan fingerprint density at radius 1 is 1.37 bits per heavy atom. The van der Waals surface area contributed by atoms with Crippen molar-refractivity contribution in [2.24, 2.45) is 5.92 Å². The fourth-order valence-electron chi connectivity index (χ4n) is 2.30. The summed E-state index contributed by atoms with van der Waals surface area (Å²) in [6.45, 7) is 6.85. The van der Waals surface area contributed by atoms with E-state index < -0.39 is 10.2 Å². The predicted molar refractivity (Wildman–Crippen MR) is 76.2 cm³/mol. The van der Waals surface area contributed by atoms with Crippen molar-refractivity contribution in [1.82, 2.24) is 14.3 Å². The molecular formula is C12H27N3O3S. The largest absolute Gasteiger partial charge is 0.377 e. The first-order chi connectivity index (χ1) is 8.99. The van der Waals surface area contributed by atoms with Crippen LogP contribution in [0.1, 0.15) is 26.7 Å². The number of rotatable bonds is 8. The van der Waals surface area contributed by atoms with Crippen molar-refractivity contribution in [1.29, 1.82) is 0 Å². The first-order valence-corrected chi connectivity index (χ1v) is 8.44. The van der Waals surface area contributed by atoms with Gasteiger partial charge in [-0.15, -0.1) is 0 Å². The van der Waals surface area contributed by atoms with E-state index in [9.17, 15) is 8.42 Å². The molecule has 1 aliphatic heterocycles. The number of piperidine rings is 1. The molecule has 1 fully saturated rings. The molecule has 0 saturated carbocycles. The van der Waals surface area contributed by atoms with Gasteiger partial charge in [0.2, 0.25) is 0 Å². The number of ether oxygens (including phenoxy) is 1. The molecule has 6 nitrogen and oxygen atoms in total. The van der Waals surface area contributed by atoms with Crippen LogP contribution in [0.5, 0.6) is 0 Å². The van der Waals surface area contributed by atoms with E-state index in [2.05, 4.69) is 10.0 Å². The average molecular weight is 293 g/mol. The summed E-state index contributed by atoms with van der Waals surface area (Å²) in [7, 11) is -1.42. The summed E-state index contributed by atoms with van der Waals surface area (Å²) in [5.41, 5.74) is 0. The fraction of sp³-hybridized carbons (Fsp3) is 1.00. The van der Waals surface area contributed by atoms with E-state index in [4.69, 9.17) is 4.74 Å². The topological polar surface area (TPSA) is 70.7 Å². The Balaban J connectivity index is 2.38. The van der Waals surface area contributed by atoms with Gasteiger partial charge in [-0.3, -0.25) is 0 Å². The van der Waals surface area contributed by atoms with Crippen molar-refractivity contribution < 1.29 is 13.2 Å². The zero-order valence-corrected chi connectivity index (χ0v) is 13.0. The lowest BCUT2D eigenvalue weighted by Crippen LogP contribution is -2.47. The predicted octanol–water partition coefficient (Wildman–Crippen LogP) is 0.177. The molecule has 114 valence electrons. The second kappa shape index (κ2) is 8.16. The van der Waals surface area contributed by atoms with Gasteiger partial charge in [0.1, 0.15) is 0 Å². The molecular weight excluding hydrogens is 266 g/mol. The first kappa shape index (κ1) is 16.8. The molecule has 2 N–H and O–H groups in total. The Morgan fingerprint density at radius 3 is 2.53 bits per heavy atom. The quantitative estimate of drug-likeness (QED) is 0.670. The van der Waals surface area contributed by atoms with Gasteiger partial charge in [-0.05, 0) is 46.2 Å². The van der Waals surface area contributed by atoms with Crippen LogP contribution in [-0.2, 0) is 14.9 Å². The van der Waals surface area contributed by atoms with Crippen LogP contribution in [-0.4, -0.2) is 58.7 Å². The molecule has 1 saturated heterocycles. The molecule has 7 heteroatoms. The van der Waals surface area contributed by atoms with Gasteiger partial charge in [-0.1, -0.05) is 0 Å². The summed E-state index contributed by atoms with van der Waals surface area (Å²) in [5, 5.41) is 3.14. The van der Waals surface area contributed by atoms with Gasteiger partial charge in [0.15, 0.2) is 0 Å². The minimum atomic E-state index is -3.35. The van der Waals surface area contributed by atoms with Gasteiger partial charge in [0.25, 0.3) is 10.2 Å². The third-order valence-electron chi connectivity index (χ3n) is 3.41. The standard InChI is InChI=1S/C12H27N3O3S/c1-4-18-11(2)9-14-19(16,17)15-7-5-12(6-8-15)10-13-3/h11-14H,4-10H2,1-3H3. The smallest absolute Gasteiger partial charge is 0.279 e. The van der Waals surface area contributed by atoms with Crippen LogP contribution in [0.25, 0.3) is 0 Å². The van der Waals surface area contributed by atoms with Gasteiger partial charge in [0.05, 0.1) is 6.10 Å². The Morgan fingerprint density at radius 2 is 2.00 bits per heavy atom. The van der Waals surface area contributed by atoms with Crippen LogP contribution in [0.15, 0.2) is 0 Å². The monoisotopic (exact) mass is 293 g/mol. The molecule has 1 rings (SSSR count). The maximum absolute atomic E-state index is 12.1. The molecule has 0 aromatic rings. The second-order valence-corrected chi connectivity index (χ2v) is 6.77. The van der Waals surface area contributed by atoms with Crippen LogP contribution in [0, 0.1) is 5.92 Å². The lowest BCUT2D eigenvalue weighted by Gasteiger charge is -2.31. The fourth-order valence-corrected chi connectivity index (χ4v) is 3.62. The highest BCUT2D eigenvalue weighted by Gasteiger charge is 2.27. The first-order valence-electron chi connectivity index (χ1n) is 7.00. The molecule has 0 spiro atoms. The van der Waals surface area contributed by atoms with Crippen molar-refractivity contribution in [2.45, 2.75) is 32.8 Å². The van der Waals surface area contributed by atoms with Crippen LogP contribution in [0.2, 0.25) is 0 Å². The maximum Gasteiger partial charge on any atom is 0.279 e. The summed E-state index contributed by atoms with van der Waals surface area (Å²) < 4.78 is 33.7. The van der Waals surface area contributed by atoms with Crippen molar-refractivity contribution in [3.63, 3.8) is 0 Å². The number of hydrogen-bond donors (Lipinski definition) is 2. The van der Waals surface area contributed by atoms with Crippen molar-refractivity contribution in [3.05, 3.63) is 0 Å². The molecule has 0 aromatic heterocycles. The number of nitrogens with one attached hydrogen (secondary N) is 2. The lowest BCUT2D eigenvalue weighted by atomic mass is 9.98. The highest BCUT2D eigenvalue weighted by Crippen LogP contribution is 2.18. The number of hydrogen-bond acceptors (Lipinski definition) is 4. The SMILES string of the molecule is CCOC(C)CNS(=O)(=O)N1CCC(CNC)CC1. The maximum atomic E-state index is 12.1. The molecule has 0 bridgehead atoms. The van der Waals surface area contributed by atoms with Gasteiger partial charge in [-0.2, -0.15) is 17.4 Å². The van der Waals surface area contributed by atoms with E-state index in [0.717, 1.165) is 19.4 Å². The highest BCUT2D eigenvalue weighted by atomic mass is 32.2. The zero-order chi connectivity index (χ0) is 14.3. The molecule has 0 radical (unpaired) electrons.